The number of nitro benzene ring substituents is 1. The molecule has 10 nitrogen and oxygen atoms in total. The van der Waals surface area contributed by atoms with Crippen LogP contribution >= 0.6 is 27.3 Å². The molecule has 1 atom stereocenters. The molecule has 1 aliphatic rings. The highest BCUT2D eigenvalue weighted by atomic mass is 79.9. The molecule has 42 heavy (non-hydrogen) atoms. The van der Waals surface area contributed by atoms with E-state index in [0.29, 0.717) is 66.6 Å². The molecule has 0 bridgehead atoms. The Bertz CT molecular complexity index is 1920. The summed E-state index contributed by atoms with van der Waals surface area (Å²) < 4.78 is 14.1. The minimum Gasteiger partial charge on any atom is -0.496 e. The van der Waals surface area contributed by atoms with Crippen LogP contribution in [0.25, 0.3) is 17.4 Å². The van der Waals surface area contributed by atoms with Gasteiger partial charge < -0.3 is 14.1 Å². The summed E-state index contributed by atoms with van der Waals surface area (Å²) in [4.78, 5) is 45.3. The largest absolute Gasteiger partial charge is 0.496 e. The third-order valence-electron chi connectivity index (χ3n) is 7.07. The monoisotopic (exact) mass is 650 g/mol. The Kier molecular flexibility index (Phi) is 8.28. The molecular formula is C30H27BrN4O6S. The predicted octanol–water partition coefficient (Wildman–Crippen LogP) is 5.04. The third kappa shape index (κ3) is 5.23. The van der Waals surface area contributed by atoms with Gasteiger partial charge in [0, 0.05) is 46.9 Å². The van der Waals surface area contributed by atoms with Gasteiger partial charge in [0.1, 0.15) is 23.3 Å². The van der Waals surface area contributed by atoms with Crippen molar-refractivity contribution in [2.24, 2.45) is 4.99 Å². The molecule has 0 aliphatic carbocycles. The number of methoxy groups -OCH3 is 1. The van der Waals surface area contributed by atoms with E-state index < -0.39 is 11.0 Å². The number of aromatic nitrogens is 1. The van der Waals surface area contributed by atoms with Gasteiger partial charge in [-0.1, -0.05) is 29.5 Å². The van der Waals surface area contributed by atoms with Crippen molar-refractivity contribution in [3.63, 3.8) is 0 Å². The van der Waals surface area contributed by atoms with Crippen molar-refractivity contribution in [3.8, 4) is 17.1 Å². The van der Waals surface area contributed by atoms with Crippen molar-refractivity contribution >= 4 is 44.9 Å². The normalized spacial score (nSPS) is 14.9. The summed E-state index contributed by atoms with van der Waals surface area (Å²) in [6.45, 7) is 6.65. The van der Waals surface area contributed by atoms with Crippen LogP contribution in [0.15, 0.2) is 84.5 Å². The number of ether oxygens (including phenoxy) is 1. The standard InChI is InChI=1S/C30H27BrN4O6S/c1-5-33(6-2)29(37)26-17(3)32-30-34(27(26)21-9-7-8-10-23(21)40-4)28(36)25(42-30)16-19-12-14-24(41-19)20-13-11-18(35(38)39)15-22(20)31/h7-16,27H,5-6H2,1-4H3/b25-16+/t27-/m1/s1. The zero-order chi connectivity index (χ0) is 30.1. The lowest BCUT2D eigenvalue weighted by Gasteiger charge is -2.29. The number of amides is 1. The van der Waals surface area contributed by atoms with E-state index >= 15 is 0 Å². The first-order chi connectivity index (χ1) is 20.2. The number of hydrogen-bond donors (Lipinski definition) is 0. The number of fused-ring (bicyclic) bond motifs is 1. The number of para-hydroxylation sites is 1. The SMILES string of the molecule is CCN(CC)C(=O)C1=C(C)N=c2s/c(=C/c3ccc(-c4ccc([N+](=O)[O-])cc4Br)o3)c(=O)n2[C@@H]1c1ccccc1OC. The van der Waals surface area contributed by atoms with Crippen LogP contribution in [0, 0.1) is 10.1 Å². The molecule has 0 fully saturated rings. The van der Waals surface area contributed by atoms with Gasteiger partial charge in [0.15, 0.2) is 4.80 Å². The number of carbonyl (C=O) groups excluding carboxylic acids is 1. The van der Waals surface area contributed by atoms with Crippen LogP contribution in [0.3, 0.4) is 0 Å². The van der Waals surface area contributed by atoms with E-state index in [9.17, 15) is 19.7 Å². The van der Waals surface area contributed by atoms with E-state index in [1.807, 2.05) is 32.0 Å². The maximum absolute atomic E-state index is 14.0. The Labute approximate surface area is 253 Å². The predicted molar refractivity (Wildman–Crippen MR) is 163 cm³/mol. The number of nitrogens with zero attached hydrogens (tertiary/aromatic N) is 4. The fraction of sp³-hybridized carbons (Fsp3) is 0.233. The number of furan rings is 1. The summed E-state index contributed by atoms with van der Waals surface area (Å²) in [5, 5.41) is 11.1. The molecule has 1 aliphatic heterocycles. The smallest absolute Gasteiger partial charge is 0.271 e. The van der Waals surface area contributed by atoms with Crippen LogP contribution in [0.1, 0.15) is 38.1 Å². The lowest BCUT2D eigenvalue weighted by molar-refractivity contribution is -0.384. The Hall–Kier alpha value is -4.29. The van der Waals surface area contributed by atoms with Gasteiger partial charge >= 0.3 is 0 Å². The van der Waals surface area contributed by atoms with Gasteiger partial charge in [0.25, 0.3) is 17.2 Å². The van der Waals surface area contributed by atoms with Gasteiger partial charge in [-0.3, -0.25) is 24.3 Å². The molecule has 2 aromatic carbocycles. The second-order valence-corrected chi connectivity index (χ2v) is 11.3. The molecule has 4 aromatic rings. The van der Waals surface area contributed by atoms with E-state index in [1.165, 1.54) is 23.5 Å². The molecule has 3 heterocycles. The summed E-state index contributed by atoms with van der Waals surface area (Å²) in [6.07, 6.45) is 1.64. The van der Waals surface area contributed by atoms with Crippen molar-refractivity contribution in [2.75, 3.05) is 20.2 Å². The van der Waals surface area contributed by atoms with E-state index in [0.717, 1.165) is 0 Å². The number of non-ortho nitro benzene ring substituents is 1. The fourth-order valence-electron chi connectivity index (χ4n) is 4.98. The number of halogens is 1. The number of likely N-dealkylation sites (N-methyl/N-ethyl adjacent to an activating group) is 1. The van der Waals surface area contributed by atoms with Crippen molar-refractivity contribution in [1.29, 1.82) is 0 Å². The van der Waals surface area contributed by atoms with Crippen LogP contribution < -0.4 is 19.6 Å². The highest BCUT2D eigenvalue weighted by Crippen LogP contribution is 2.36. The Balaban J connectivity index is 1.64. The summed E-state index contributed by atoms with van der Waals surface area (Å²) >= 11 is 4.58. The quantitative estimate of drug-likeness (QED) is 0.195. The van der Waals surface area contributed by atoms with Crippen LogP contribution in [-0.2, 0) is 4.79 Å². The first-order valence-corrected chi connectivity index (χ1v) is 14.8. The van der Waals surface area contributed by atoms with Crippen molar-refractivity contribution in [3.05, 3.63) is 111 Å². The number of hydrogen-bond acceptors (Lipinski definition) is 8. The highest BCUT2D eigenvalue weighted by Gasteiger charge is 2.35. The first kappa shape index (κ1) is 29.2. The van der Waals surface area contributed by atoms with Crippen LogP contribution in [0.5, 0.6) is 5.75 Å². The average molecular weight is 652 g/mol. The number of benzene rings is 2. The summed E-state index contributed by atoms with van der Waals surface area (Å²) in [7, 11) is 1.56. The van der Waals surface area contributed by atoms with Gasteiger partial charge in [-0.15, -0.1) is 0 Å². The number of thiazole rings is 1. The van der Waals surface area contributed by atoms with Gasteiger partial charge in [0.2, 0.25) is 0 Å². The molecule has 0 radical (unpaired) electrons. The van der Waals surface area contributed by atoms with Gasteiger partial charge in [-0.25, -0.2) is 4.99 Å². The minimum atomic E-state index is -0.740. The molecule has 216 valence electrons. The summed E-state index contributed by atoms with van der Waals surface area (Å²) in [5.41, 5.74) is 1.91. The highest BCUT2D eigenvalue weighted by molar-refractivity contribution is 9.10. The van der Waals surface area contributed by atoms with Crippen LogP contribution in [-0.4, -0.2) is 40.5 Å². The van der Waals surface area contributed by atoms with E-state index in [2.05, 4.69) is 15.9 Å². The lowest BCUT2D eigenvalue weighted by atomic mass is 9.94. The fourth-order valence-corrected chi connectivity index (χ4v) is 6.57. The Morgan fingerprint density at radius 1 is 1.21 bits per heavy atom. The van der Waals surface area contributed by atoms with Crippen molar-refractivity contribution in [2.45, 2.75) is 26.8 Å². The number of rotatable bonds is 8. The van der Waals surface area contributed by atoms with Gasteiger partial charge in [-0.05, 0) is 61.0 Å². The van der Waals surface area contributed by atoms with E-state index in [4.69, 9.17) is 14.1 Å². The molecular weight excluding hydrogens is 624 g/mol. The lowest BCUT2D eigenvalue weighted by Crippen LogP contribution is -2.43. The molecule has 12 heteroatoms. The molecule has 1 amide bonds. The number of nitro groups is 1. The molecule has 0 saturated heterocycles. The van der Waals surface area contributed by atoms with E-state index in [-0.39, 0.29) is 17.2 Å². The molecule has 5 rings (SSSR count). The van der Waals surface area contributed by atoms with Gasteiger partial charge in [0.05, 0.1) is 27.8 Å². The van der Waals surface area contributed by atoms with Crippen LogP contribution in [0.4, 0.5) is 5.69 Å². The zero-order valence-electron chi connectivity index (χ0n) is 23.3. The third-order valence-corrected chi connectivity index (χ3v) is 8.70. The number of carbonyl (C=O) groups is 1. The topological polar surface area (TPSA) is 120 Å². The van der Waals surface area contributed by atoms with E-state index in [1.54, 1.807) is 53.8 Å². The average Bonchev–Trinajstić information content (AvgIpc) is 3.56. The second-order valence-electron chi connectivity index (χ2n) is 9.42. The summed E-state index contributed by atoms with van der Waals surface area (Å²) in [6, 6.07) is 14.5. The maximum atomic E-state index is 14.0. The van der Waals surface area contributed by atoms with Crippen molar-refractivity contribution < 1.29 is 18.9 Å². The maximum Gasteiger partial charge on any atom is 0.271 e. The first-order valence-electron chi connectivity index (χ1n) is 13.2. The minimum absolute atomic E-state index is 0.0442. The zero-order valence-corrected chi connectivity index (χ0v) is 25.7. The summed E-state index contributed by atoms with van der Waals surface area (Å²) in [5.74, 6) is 1.27. The second kappa shape index (κ2) is 11.9. The molecule has 2 aromatic heterocycles. The molecule has 0 saturated carbocycles. The van der Waals surface area contributed by atoms with Gasteiger partial charge in [-0.2, -0.15) is 0 Å². The molecule has 0 unspecified atom stereocenters. The van der Waals surface area contributed by atoms with Crippen molar-refractivity contribution in [1.82, 2.24) is 9.47 Å². The molecule has 0 spiro atoms. The Morgan fingerprint density at radius 3 is 2.62 bits per heavy atom. The number of allylic oxidation sites excluding steroid dienone is 1. The van der Waals surface area contributed by atoms with Crippen LogP contribution in [0.2, 0.25) is 0 Å². The molecule has 0 N–H and O–H groups in total. The Morgan fingerprint density at radius 2 is 1.95 bits per heavy atom.